The van der Waals surface area contributed by atoms with Gasteiger partial charge in [0, 0.05) is 18.8 Å². The molecule has 1 heterocycles. The van der Waals surface area contributed by atoms with Gasteiger partial charge in [-0.1, -0.05) is 6.07 Å². The van der Waals surface area contributed by atoms with E-state index in [1.165, 1.54) is 10.4 Å². The van der Waals surface area contributed by atoms with Crippen molar-refractivity contribution < 1.29 is 13.5 Å². The fourth-order valence-electron chi connectivity index (χ4n) is 2.53. The molecule has 0 bridgehead atoms. The number of sulfonamides is 1. The van der Waals surface area contributed by atoms with Crippen LogP contribution in [0.4, 0.5) is 5.69 Å². The van der Waals surface area contributed by atoms with E-state index in [2.05, 4.69) is 0 Å². The Labute approximate surface area is 120 Å². The van der Waals surface area contributed by atoms with Gasteiger partial charge in [0.2, 0.25) is 10.0 Å². The number of aliphatic hydroxyl groups excluding tert-OH is 1. The molecule has 1 atom stereocenters. The second kappa shape index (κ2) is 5.71. The van der Waals surface area contributed by atoms with Crippen molar-refractivity contribution in [3.05, 3.63) is 23.8 Å². The largest absolute Gasteiger partial charge is 0.398 e. The summed E-state index contributed by atoms with van der Waals surface area (Å²) in [6.45, 7) is 4.51. The zero-order valence-electron chi connectivity index (χ0n) is 11.9. The third-order valence-corrected chi connectivity index (χ3v) is 5.96. The Morgan fingerprint density at radius 3 is 2.45 bits per heavy atom. The lowest BCUT2D eigenvalue weighted by atomic mass is 9.93. The number of anilines is 1. The number of rotatable bonds is 3. The van der Waals surface area contributed by atoms with Gasteiger partial charge in [-0.15, -0.1) is 0 Å². The van der Waals surface area contributed by atoms with Gasteiger partial charge in [0.25, 0.3) is 0 Å². The van der Waals surface area contributed by atoms with Gasteiger partial charge in [-0.3, -0.25) is 0 Å². The van der Waals surface area contributed by atoms with Crippen LogP contribution in [0, 0.1) is 12.8 Å². The van der Waals surface area contributed by atoms with Crippen molar-refractivity contribution in [2.24, 2.45) is 5.92 Å². The second-order valence-electron chi connectivity index (χ2n) is 5.50. The fraction of sp³-hybridized carbons (Fsp3) is 0.571. The maximum Gasteiger partial charge on any atom is 0.243 e. The molecule has 112 valence electrons. The first-order chi connectivity index (χ1) is 9.32. The number of aliphatic hydroxyl groups is 1. The van der Waals surface area contributed by atoms with Gasteiger partial charge in [0.15, 0.2) is 0 Å². The number of aryl methyl sites for hydroxylation is 1. The molecule has 0 aliphatic carbocycles. The third-order valence-electron chi connectivity index (χ3n) is 4.07. The third kappa shape index (κ3) is 2.97. The molecule has 0 spiro atoms. The maximum atomic E-state index is 12.5. The number of hydrogen-bond donors (Lipinski definition) is 2. The average Bonchev–Trinajstić information content (AvgIpc) is 2.41. The van der Waals surface area contributed by atoms with E-state index in [-0.39, 0.29) is 16.9 Å². The molecule has 2 rings (SSSR count). The van der Waals surface area contributed by atoms with Crippen LogP contribution >= 0.6 is 0 Å². The van der Waals surface area contributed by atoms with Gasteiger partial charge in [-0.25, -0.2) is 8.42 Å². The molecular formula is C14H22N2O3S. The highest BCUT2D eigenvalue weighted by Gasteiger charge is 2.30. The van der Waals surface area contributed by atoms with Crippen molar-refractivity contribution in [1.29, 1.82) is 0 Å². The normalized spacial score (nSPS) is 19.9. The molecule has 1 fully saturated rings. The lowest BCUT2D eigenvalue weighted by Gasteiger charge is -2.32. The minimum absolute atomic E-state index is 0.185. The molecule has 0 radical (unpaired) electrons. The highest BCUT2D eigenvalue weighted by Crippen LogP contribution is 2.27. The summed E-state index contributed by atoms with van der Waals surface area (Å²) in [5.74, 6) is 0.185. The molecule has 5 nitrogen and oxygen atoms in total. The van der Waals surface area contributed by atoms with Gasteiger partial charge in [-0.2, -0.15) is 4.31 Å². The minimum atomic E-state index is -3.48. The van der Waals surface area contributed by atoms with Crippen LogP contribution in [0.1, 0.15) is 25.3 Å². The van der Waals surface area contributed by atoms with Crippen LogP contribution in [0.15, 0.2) is 23.1 Å². The van der Waals surface area contributed by atoms with E-state index in [0.29, 0.717) is 31.6 Å². The lowest BCUT2D eigenvalue weighted by Crippen LogP contribution is -2.40. The first kappa shape index (κ1) is 15.3. The van der Waals surface area contributed by atoms with Crippen LogP contribution in [-0.2, 0) is 10.0 Å². The zero-order chi connectivity index (χ0) is 14.9. The van der Waals surface area contributed by atoms with Crippen LogP contribution in [0.2, 0.25) is 0 Å². The van der Waals surface area contributed by atoms with Gasteiger partial charge in [-0.05, 0) is 50.3 Å². The van der Waals surface area contributed by atoms with Crippen LogP contribution < -0.4 is 5.73 Å². The number of piperidine rings is 1. The highest BCUT2D eigenvalue weighted by atomic mass is 32.2. The van der Waals surface area contributed by atoms with Gasteiger partial charge in [0.1, 0.15) is 0 Å². The van der Waals surface area contributed by atoms with E-state index < -0.39 is 10.0 Å². The molecule has 1 aromatic rings. The molecular weight excluding hydrogens is 276 g/mol. The Balaban J connectivity index is 2.17. The van der Waals surface area contributed by atoms with E-state index in [1.54, 1.807) is 19.1 Å². The van der Waals surface area contributed by atoms with Crippen molar-refractivity contribution in [3.63, 3.8) is 0 Å². The molecule has 6 heteroatoms. The van der Waals surface area contributed by atoms with Gasteiger partial charge >= 0.3 is 0 Å². The summed E-state index contributed by atoms with van der Waals surface area (Å²) in [7, 11) is -3.48. The quantitative estimate of drug-likeness (QED) is 0.825. The van der Waals surface area contributed by atoms with E-state index in [0.717, 1.165) is 5.56 Å². The summed E-state index contributed by atoms with van der Waals surface area (Å²) in [5, 5.41) is 9.57. The summed E-state index contributed by atoms with van der Waals surface area (Å²) >= 11 is 0. The van der Waals surface area contributed by atoms with E-state index >= 15 is 0 Å². The smallest absolute Gasteiger partial charge is 0.243 e. The van der Waals surface area contributed by atoms with Crippen LogP contribution in [0.3, 0.4) is 0 Å². The minimum Gasteiger partial charge on any atom is -0.398 e. The molecule has 1 aliphatic rings. The van der Waals surface area contributed by atoms with Crippen LogP contribution in [0.25, 0.3) is 0 Å². The SMILES string of the molecule is Cc1ccc(S(=O)(=O)N2CCC(C(C)O)CC2)cc1N. The van der Waals surface area contributed by atoms with Crippen molar-refractivity contribution in [1.82, 2.24) is 4.31 Å². The standard InChI is InChI=1S/C14H22N2O3S/c1-10-3-4-13(9-14(10)15)20(18,19)16-7-5-12(6-8-16)11(2)17/h3-4,9,11-12,17H,5-8,15H2,1-2H3. The molecule has 1 aliphatic heterocycles. The topological polar surface area (TPSA) is 83.6 Å². The highest BCUT2D eigenvalue weighted by molar-refractivity contribution is 7.89. The number of nitrogens with two attached hydrogens (primary N) is 1. The van der Waals surface area contributed by atoms with Crippen LogP contribution in [0.5, 0.6) is 0 Å². The van der Waals surface area contributed by atoms with E-state index in [4.69, 9.17) is 5.73 Å². The number of benzene rings is 1. The summed E-state index contributed by atoms with van der Waals surface area (Å²) in [5.41, 5.74) is 7.16. The predicted molar refractivity (Wildman–Crippen MR) is 78.8 cm³/mol. The molecule has 0 saturated carbocycles. The summed E-state index contributed by atoms with van der Waals surface area (Å²) in [6.07, 6.45) is 1.01. The number of nitrogen functional groups attached to an aromatic ring is 1. The van der Waals surface area contributed by atoms with Crippen molar-refractivity contribution >= 4 is 15.7 Å². The summed E-state index contributed by atoms with van der Waals surface area (Å²) < 4.78 is 26.6. The Bertz CT molecular complexity index is 576. The summed E-state index contributed by atoms with van der Waals surface area (Å²) in [4.78, 5) is 0.246. The molecule has 20 heavy (non-hydrogen) atoms. The molecule has 1 unspecified atom stereocenters. The first-order valence-electron chi connectivity index (χ1n) is 6.86. The van der Waals surface area contributed by atoms with Gasteiger partial charge in [0.05, 0.1) is 11.0 Å². The average molecular weight is 298 g/mol. The Morgan fingerprint density at radius 2 is 1.95 bits per heavy atom. The molecule has 0 aromatic heterocycles. The van der Waals surface area contributed by atoms with E-state index in [1.807, 2.05) is 6.92 Å². The zero-order valence-corrected chi connectivity index (χ0v) is 12.7. The van der Waals surface area contributed by atoms with Crippen molar-refractivity contribution in [3.8, 4) is 0 Å². The monoisotopic (exact) mass is 298 g/mol. The number of hydrogen-bond acceptors (Lipinski definition) is 4. The van der Waals surface area contributed by atoms with Crippen LogP contribution in [-0.4, -0.2) is 37.0 Å². The van der Waals surface area contributed by atoms with E-state index in [9.17, 15) is 13.5 Å². The van der Waals surface area contributed by atoms with Crippen molar-refractivity contribution in [2.75, 3.05) is 18.8 Å². The van der Waals surface area contributed by atoms with Crippen molar-refractivity contribution in [2.45, 2.75) is 37.7 Å². The number of nitrogens with zero attached hydrogens (tertiary/aromatic N) is 1. The Hall–Kier alpha value is -1.11. The fourth-order valence-corrected chi connectivity index (χ4v) is 4.03. The Morgan fingerprint density at radius 1 is 1.35 bits per heavy atom. The molecule has 1 aromatic carbocycles. The Kier molecular flexibility index (Phi) is 4.36. The second-order valence-corrected chi connectivity index (χ2v) is 7.44. The molecule has 1 saturated heterocycles. The molecule has 3 N–H and O–H groups in total. The summed E-state index contributed by atoms with van der Waals surface area (Å²) in [6, 6.07) is 4.85. The van der Waals surface area contributed by atoms with Gasteiger partial charge < -0.3 is 10.8 Å². The lowest BCUT2D eigenvalue weighted by molar-refractivity contribution is 0.0912. The maximum absolute atomic E-state index is 12.5. The molecule has 0 amide bonds. The predicted octanol–water partition coefficient (Wildman–Crippen LogP) is 1.36. The first-order valence-corrected chi connectivity index (χ1v) is 8.30.